The lowest BCUT2D eigenvalue weighted by Crippen LogP contribution is -2.47. The van der Waals surface area contributed by atoms with Crippen molar-refractivity contribution in [3.05, 3.63) is 29.6 Å². The molecule has 0 saturated carbocycles. The first-order chi connectivity index (χ1) is 7.74. The third kappa shape index (κ3) is 2.19. The molecule has 1 saturated heterocycles. The molecule has 16 heavy (non-hydrogen) atoms. The molecular formula is C13H19FN2. The summed E-state index contributed by atoms with van der Waals surface area (Å²) in [5.41, 5.74) is 7.66. The van der Waals surface area contributed by atoms with Crippen LogP contribution in [-0.2, 0) is 6.54 Å². The van der Waals surface area contributed by atoms with E-state index in [0.717, 1.165) is 30.3 Å². The van der Waals surface area contributed by atoms with E-state index in [2.05, 4.69) is 11.8 Å². The number of halogens is 1. The van der Waals surface area contributed by atoms with E-state index in [1.54, 1.807) is 6.07 Å². The van der Waals surface area contributed by atoms with Crippen LogP contribution in [0.25, 0.3) is 0 Å². The van der Waals surface area contributed by atoms with Crippen LogP contribution in [0.5, 0.6) is 0 Å². The summed E-state index contributed by atoms with van der Waals surface area (Å²) in [6.45, 7) is 4.80. The van der Waals surface area contributed by atoms with Gasteiger partial charge in [0, 0.05) is 25.3 Å². The lowest BCUT2D eigenvalue weighted by Gasteiger charge is -2.42. The highest BCUT2D eigenvalue weighted by molar-refractivity contribution is 5.55. The van der Waals surface area contributed by atoms with Gasteiger partial charge >= 0.3 is 0 Å². The molecule has 0 aromatic heterocycles. The van der Waals surface area contributed by atoms with Gasteiger partial charge in [-0.3, -0.25) is 0 Å². The van der Waals surface area contributed by atoms with Gasteiger partial charge in [-0.05, 0) is 36.1 Å². The van der Waals surface area contributed by atoms with Gasteiger partial charge in [0.25, 0.3) is 0 Å². The maximum Gasteiger partial charge on any atom is 0.123 e. The number of benzene rings is 1. The van der Waals surface area contributed by atoms with Crippen LogP contribution < -0.4 is 10.6 Å². The lowest BCUT2D eigenvalue weighted by atomic mass is 9.93. The Hall–Kier alpha value is -1.09. The Bertz CT molecular complexity index is 359. The Labute approximate surface area is 96.2 Å². The van der Waals surface area contributed by atoms with Gasteiger partial charge in [0.05, 0.1) is 0 Å². The minimum absolute atomic E-state index is 0.199. The molecule has 2 nitrogen and oxygen atoms in total. The quantitative estimate of drug-likeness (QED) is 0.848. The molecule has 0 aliphatic carbocycles. The van der Waals surface area contributed by atoms with Crippen molar-refractivity contribution in [3.63, 3.8) is 0 Å². The molecule has 0 spiro atoms. The summed E-state index contributed by atoms with van der Waals surface area (Å²) in [6, 6.07) is 4.91. The monoisotopic (exact) mass is 222 g/mol. The van der Waals surface area contributed by atoms with Crippen LogP contribution in [-0.4, -0.2) is 13.1 Å². The van der Waals surface area contributed by atoms with Crippen LogP contribution in [0.2, 0.25) is 0 Å². The molecule has 1 aliphatic rings. The van der Waals surface area contributed by atoms with Crippen molar-refractivity contribution in [2.75, 3.05) is 18.0 Å². The highest BCUT2D eigenvalue weighted by Crippen LogP contribution is 2.30. The van der Waals surface area contributed by atoms with Crippen molar-refractivity contribution in [2.45, 2.75) is 26.3 Å². The highest BCUT2D eigenvalue weighted by atomic mass is 19.1. The molecule has 3 heteroatoms. The van der Waals surface area contributed by atoms with Gasteiger partial charge in [0.2, 0.25) is 0 Å². The topological polar surface area (TPSA) is 29.3 Å². The molecule has 0 unspecified atom stereocenters. The van der Waals surface area contributed by atoms with Crippen LogP contribution >= 0.6 is 0 Å². The molecule has 2 N–H and O–H groups in total. The summed E-state index contributed by atoms with van der Waals surface area (Å²) in [5, 5.41) is 0. The number of hydrogen-bond acceptors (Lipinski definition) is 2. The largest absolute Gasteiger partial charge is 0.371 e. The van der Waals surface area contributed by atoms with E-state index in [9.17, 15) is 4.39 Å². The van der Waals surface area contributed by atoms with E-state index in [4.69, 9.17) is 5.73 Å². The van der Waals surface area contributed by atoms with Crippen molar-refractivity contribution in [1.82, 2.24) is 0 Å². The summed E-state index contributed by atoms with van der Waals surface area (Å²) in [6.07, 6.45) is 2.53. The number of hydrogen-bond donors (Lipinski definition) is 1. The molecule has 1 aliphatic heterocycles. The number of anilines is 1. The fourth-order valence-corrected chi connectivity index (χ4v) is 2.38. The second-order valence-electron chi connectivity index (χ2n) is 4.54. The Morgan fingerprint density at radius 3 is 2.81 bits per heavy atom. The van der Waals surface area contributed by atoms with Crippen molar-refractivity contribution in [1.29, 1.82) is 0 Å². The van der Waals surface area contributed by atoms with Crippen molar-refractivity contribution < 1.29 is 4.39 Å². The molecule has 0 bridgehead atoms. The number of rotatable bonds is 4. The summed E-state index contributed by atoms with van der Waals surface area (Å²) in [4.78, 5) is 2.29. The second-order valence-corrected chi connectivity index (χ2v) is 4.54. The zero-order chi connectivity index (χ0) is 11.5. The van der Waals surface area contributed by atoms with Crippen molar-refractivity contribution in [3.8, 4) is 0 Å². The second kappa shape index (κ2) is 4.83. The van der Waals surface area contributed by atoms with E-state index in [1.165, 1.54) is 18.9 Å². The van der Waals surface area contributed by atoms with Gasteiger partial charge < -0.3 is 10.6 Å². The van der Waals surface area contributed by atoms with Crippen LogP contribution in [0.1, 0.15) is 25.3 Å². The normalized spacial score (nSPS) is 16.3. The molecule has 1 heterocycles. The standard InChI is InChI=1S/C13H19FN2/c1-2-3-10-8-16(9-10)13-5-4-12(14)6-11(13)7-15/h4-6,10H,2-3,7-9,15H2,1H3. The molecule has 0 atom stereocenters. The zero-order valence-electron chi connectivity index (χ0n) is 9.75. The first kappa shape index (κ1) is 11.4. The smallest absolute Gasteiger partial charge is 0.123 e. The van der Waals surface area contributed by atoms with Crippen LogP contribution in [0, 0.1) is 11.7 Å². The third-order valence-corrected chi connectivity index (χ3v) is 3.26. The van der Waals surface area contributed by atoms with Gasteiger partial charge in [0.15, 0.2) is 0 Å². The third-order valence-electron chi connectivity index (χ3n) is 3.26. The fourth-order valence-electron chi connectivity index (χ4n) is 2.38. The maximum atomic E-state index is 13.0. The van der Waals surface area contributed by atoms with Gasteiger partial charge in [-0.2, -0.15) is 0 Å². The molecule has 1 fully saturated rings. The fraction of sp³-hybridized carbons (Fsp3) is 0.538. The Morgan fingerprint density at radius 2 is 2.19 bits per heavy atom. The Morgan fingerprint density at radius 1 is 1.44 bits per heavy atom. The lowest BCUT2D eigenvalue weighted by molar-refractivity contribution is 0.380. The van der Waals surface area contributed by atoms with E-state index in [-0.39, 0.29) is 5.82 Å². The average Bonchev–Trinajstić information content (AvgIpc) is 2.23. The SMILES string of the molecule is CCCC1CN(c2ccc(F)cc2CN)C1. The first-order valence-electron chi connectivity index (χ1n) is 5.98. The summed E-state index contributed by atoms with van der Waals surface area (Å²) in [7, 11) is 0. The zero-order valence-corrected chi connectivity index (χ0v) is 9.75. The van der Waals surface area contributed by atoms with Crippen LogP contribution in [0.3, 0.4) is 0 Å². The van der Waals surface area contributed by atoms with Gasteiger partial charge in [-0.25, -0.2) is 4.39 Å². The van der Waals surface area contributed by atoms with E-state index in [1.807, 2.05) is 6.07 Å². The van der Waals surface area contributed by atoms with Gasteiger partial charge in [0.1, 0.15) is 5.82 Å². The van der Waals surface area contributed by atoms with E-state index in [0.29, 0.717) is 6.54 Å². The van der Waals surface area contributed by atoms with Gasteiger partial charge in [-0.1, -0.05) is 13.3 Å². The summed E-state index contributed by atoms with van der Waals surface area (Å²) in [5.74, 6) is 0.607. The summed E-state index contributed by atoms with van der Waals surface area (Å²) >= 11 is 0. The first-order valence-corrected chi connectivity index (χ1v) is 5.98. The molecule has 1 aromatic carbocycles. The van der Waals surface area contributed by atoms with Crippen LogP contribution in [0.4, 0.5) is 10.1 Å². The molecular weight excluding hydrogens is 203 g/mol. The van der Waals surface area contributed by atoms with E-state index >= 15 is 0 Å². The molecule has 0 amide bonds. The molecule has 2 rings (SSSR count). The number of nitrogens with zero attached hydrogens (tertiary/aromatic N) is 1. The van der Waals surface area contributed by atoms with Gasteiger partial charge in [-0.15, -0.1) is 0 Å². The predicted molar refractivity (Wildman–Crippen MR) is 64.9 cm³/mol. The summed E-state index contributed by atoms with van der Waals surface area (Å²) < 4.78 is 13.0. The minimum Gasteiger partial charge on any atom is -0.371 e. The average molecular weight is 222 g/mol. The highest BCUT2D eigenvalue weighted by Gasteiger charge is 2.27. The van der Waals surface area contributed by atoms with Crippen molar-refractivity contribution >= 4 is 5.69 Å². The molecule has 88 valence electrons. The maximum absolute atomic E-state index is 13.0. The predicted octanol–water partition coefficient (Wildman–Crippen LogP) is 2.52. The Kier molecular flexibility index (Phi) is 3.44. The number of nitrogens with two attached hydrogens (primary N) is 1. The van der Waals surface area contributed by atoms with Crippen LogP contribution in [0.15, 0.2) is 18.2 Å². The van der Waals surface area contributed by atoms with E-state index < -0.39 is 0 Å². The Balaban J connectivity index is 2.05. The minimum atomic E-state index is -0.199. The van der Waals surface area contributed by atoms with Crippen molar-refractivity contribution in [2.24, 2.45) is 11.7 Å². The molecule has 1 aromatic rings. The molecule has 0 radical (unpaired) electrons.